The minimum Gasteiger partial charge on any atom is -0.478 e. The highest BCUT2D eigenvalue weighted by Gasteiger charge is 2.33. The maximum atomic E-state index is 14.6. The van der Waals surface area contributed by atoms with Crippen molar-refractivity contribution in [2.45, 2.75) is 83.6 Å². The van der Waals surface area contributed by atoms with E-state index in [0.717, 1.165) is 12.8 Å². The summed E-state index contributed by atoms with van der Waals surface area (Å²) in [4.78, 5) is 61.5. The van der Waals surface area contributed by atoms with E-state index in [1.807, 2.05) is 6.92 Å². The van der Waals surface area contributed by atoms with Gasteiger partial charge in [-0.25, -0.2) is 36.3 Å². The van der Waals surface area contributed by atoms with Crippen LogP contribution in [0.2, 0.25) is 0 Å². The largest absolute Gasteiger partial charge is 0.478 e. The van der Waals surface area contributed by atoms with E-state index < -0.39 is 94.7 Å². The molecule has 0 aliphatic rings. The fourth-order valence-electron chi connectivity index (χ4n) is 4.17. The van der Waals surface area contributed by atoms with Crippen LogP contribution in [0, 0.1) is 29.1 Å². The smallest absolute Gasteiger partial charge is 0.408 e. The average molecular weight is 690 g/mol. The molecule has 0 fully saturated rings. The van der Waals surface area contributed by atoms with Gasteiger partial charge < -0.3 is 35.6 Å². The first-order chi connectivity index (χ1) is 22.4. The van der Waals surface area contributed by atoms with Crippen LogP contribution >= 0.6 is 0 Å². The summed E-state index contributed by atoms with van der Waals surface area (Å²) in [6.45, 7) is 6.51. The zero-order valence-corrected chi connectivity index (χ0v) is 26.4. The zero-order valence-electron chi connectivity index (χ0n) is 26.4. The highest BCUT2D eigenvalue weighted by atomic mass is 19.2. The van der Waals surface area contributed by atoms with Gasteiger partial charge in [0.05, 0.1) is 0 Å². The molecule has 0 heterocycles. The van der Waals surface area contributed by atoms with Gasteiger partial charge in [0.25, 0.3) is 6.10 Å². The Morgan fingerprint density at radius 3 is 1.77 bits per heavy atom. The van der Waals surface area contributed by atoms with Crippen LogP contribution in [-0.4, -0.2) is 70.4 Å². The molecule has 0 bridgehead atoms. The Morgan fingerprint density at radius 2 is 1.27 bits per heavy atom. The van der Waals surface area contributed by atoms with E-state index in [1.54, 1.807) is 0 Å². The summed E-state index contributed by atoms with van der Waals surface area (Å²) in [6.07, 6.45) is -2.82. The van der Waals surface area contributed by atoms with Crippen LogP contribution in [0.15, 0.2) is 24.3 Å². The first-order valence-corrected chi connectivity index (χ1v) is 14.6. The third-order valence-corrected chi connectivity index (χ3v) is 6.49. The monoisotopic (exact) mass is 689 g/mol. The number of benzene rings is 2. The summed E-state index contributed by atoms with van der Waals surface area (Å²) < 4.78 is 80.8. The van der Waals surface area contributed by atoms with Crippen molar-refractivity contribution < 1.29 is 65.6 Å². The fourth-order valence-corrected chi connectivity index (χ4v) is 4.17. The number of hydrogen-bond donors (Lipinski definition) is 5. The molecule has 3 amide bonds. The van der Waals surface area contributed by atoms with Crippen molar-refractivity contribution in [3.8, 4) is 5.75 Å². The molecular weight excluding hydrogens is 653 g/mol. The SMILES string of the molecule is CCCCCNC(=O)[C@H](Cc1ccc(OC(C(=O)O)C(=O)O)cc1)NC(=O)[C@H](Cc1c(F)c(F)c(F)c(F)c1F)NC(=O)OC(C)(C)C. The maximum absolute atomic E-state index is 14.6. The molecule has 2 aromatic rings. The number of alkyl carbamates (subject to hydrolysis) is 1. The number of hydrogen-bond acceptors (Lipinski definition) is 7. The molecule has 12 nitrogen and oxygen atoms in total. The summed E-state index contributed by atoms with van der Waals surface area (Å²) >= 11 is 0. The molecule has 2 aromatic carbocycles. The van der Waals surface area contributed by atoms with E-state index in [1.165, 1.54) is 45.0 Å². The number of carboxylic acids is 2. The van der Waals surface area contributed by atoms with Crippen molar-refractivity contribution in [2.75, 3.05) is 6.54 Å². The Morgan fingerprint density at radius 1 is 0.750 bits per heavy atom. The van der Waals surface area contributed by atoms with Crippen LogP contribution < -0.4 is 20.7 Å². The molecule has 2 atom stereocenters. The van der Waals surface area contributed by atoms with Crippen LogP contribution in [0.25, 0.3) is 0 Å². The number of nitrogens with one attached hydrogen (secondary N) is 3. The van der Waals surface area contributed by atoms with Gasteiger partial charge >= 0.3 is 18.0 Å². The number of rotatable bonds is 16. The molecule has 5 N–H and O–H groups in total. The van der Waals surface area contributed by atoms with Gasteiger partial charge in [-0.05, 0) is 44.9 Å². The van der Waals surface area contributed by atoms with Gasteiger partial charge in [0, 0.05) is 24.9 Å². The topological polar surface area (TPSA) is 180 Å². The van der Waals surface area contributed by atoms with Crippen molar-refractivity contribution >= 4 is 29.8 Å². The summed E-state index contributed by atoms with van der Waals surface area (Å²) in [5, 5.41) is 25.1. The Kier molecular flexibility index (Phi) is 14.1. The maximum Gasteiger partial charge on any atom is 0.408 e. The molecule has 0 aliphatic heterocycles. The van der Waals surface area contributed by atoms with E-state index in [-0.39, 0.29) is 18.7 Å². The minimum atomic E-state index is -2.42. The predicted octanol–water partition coefficient (Wildman–Crippen LogP) is 3.77. The normalized spacial score (nSPS) is 12.5. The molecule has 0 aromatic heterocycles. The van der Waals surface area contributed by atoms with E-state index in [2.05, 4.69) is 16.0 Å². The molecule has 264 valence electrons. The third kappa shape index (κ3) is 11.4. The van der Waals surface area contributed by atoms with Crippen LogP contribution in [0.4, 0.5) is 26.7 Å². The number of aliphatic carboxylic acids is 2. The van der Waals surface area contributed by atoms with Gasteiger partial charge in [-0.15, -0.1) is 0 Å². The number of ether oxygens (including phenoxy) is 2. The van der Waals surface area contributed by atoms with E-state index >= 15 is 0 Å². The van der Waals surface area contributed by atoms with Crippen LogP contribution in [-0.2, 0) is 36.8 Å². The predicted molar refractivity (Wildman–Crippen MR) is 157 cm³/mol. The van der Waals surface area contributed by atoms with Crippen molar-refractivity contribution in [1.29, 1.82) is 0 Å². The summed E-state index contributed by atoms with van der Waals surface area (Å²) in [5.74, 6) is -17.1. The Hall–Kier alpha value is -4.96. The van der Waals surface area contributed by atoms with E-state index in [9.17, 15) is 45.9 Å². The lowest BCUT2D eigenvalue weighted by Crippen LogP contribution is -2.55. The molecule has 0 spiro atoms. The molecule has 0 saturated carbocycles. The first kappa shape index (κ1) is 39.2. The standard InChI is InChI=1S/C31H36F5N3O9/c1-5-6-7-12-37-26(40)18(13-15-8-10-16(11-9-15)47-25(28(42)43)29(44)45)38-27(41)19(39-30(46)48-31(2,3)4)14-17-20(32)22(34)24(36)23(35)21(17)33/h8-11,18-19,25H,5-7,12-14H2,1-4H3,(H,37,40)(H,38,41)(H,39,46)(H,42,43)(H,44,45)/t18-,19-/m0/s1. The van der Waals surface area contributed by atoms with Crippen LogP contribution in [0.1, 0.15) is 58.1 Å². The van der Waals surface area contributed by atoms with Gasteiger partial charge in [-0.3, -0.25) is 9.59 Å². The second-order valence-electron chi connectivity index (χ2n) is 11.5. The zero-order chi connectivity index (χ0) is 36.3. The summed E-state index contributed by atoms with van der Waals surface area (Å²) in [7, 11) is 0. The Balaban J connectivity index is 2.43. The van der Waals surface area contributed by atoms with Crippen LogP contribution in [0.5, 0.6) is 5.75 Å². The molecular formula is C31H36F5N3O9. The van der Waals surface area contributed by atoms with Crippen molar-refractivity contribution in [3.05, 3.63) is 64.5 Å². The number of halogens is 5. The molecule has 0 unspecified atom stereocenters. The highest BCUT2D eigenvalue weighted by molar-refractivity contribution is 5.96. The van der Waals surface area contributed by atoms with Gasteiger partial charge in [-0.2, -0.15) is 0 Å². The third-order valence-electron chi connectivity index (χ3n) is 6.49. The van der Waals surface area contributed by atoms with Crippen molar-refractivity contribution in [1.82, 2.24) is 16.0 Å². The number of carbonyl (C=O) groups is 5. The second-order valence-corrected chi connectivity index (χ2v) is 11.5. The number of unbranched alkanes of at least 4 members (excludes halogenated alkanes) is 2. The number of amides is 3. The van der Waals surface area contributed by atoms with E-state index in [0.29, 0.717) is 12.0 Å². The van der Waals surface area contributed by atoms with Gasteiger partial charge in [0.1, 0.15) is 23.4 Å². The van der Waals surface area contributed by atoms with Crippen LogP contribution in [0.3, 0.4) is 0 Å². The fraction of sp³-hybridized carbons (Fsp3) is 0.452. The lowest BCUT2D eigenvalue weighted by molar-refractivity contribution is -0.159. The molecule has 17 heteroatoms. The lowest BCUT2D eigenvalue weighted by Gasteiger charge is -2.26. The molecule has 0 saturated heterocycles. The minimum absolute atomic E-state index is 0.150. The molecule has 0 aliphatic carbocycles. The Bertz CT molecular complexity index is 1460. The first-order valence-electron chi connectivity index (χ1n) is 14.6. The van der Waals surface area contributed by atoms with Gasteiger partial charge in [-0.1, -0.05) is 31.9 Å². The Labute approximate surface area is 272 Å². The molecule has 48 heavy (non-hydrogen) atoms. The van der Waals surface area contributed by atoms with Crippen molar-refractivity contribution in [2.24, 2.45) is 0 Å². The summed E-state index contributed by atoms with van der Waals surface area (Å²) in [5.41, 5.74) is -2.20. The van der Waals surface area contributed by atoms with Gasteiger partial charge in [0.2, 0.25) is 17.6 Å². The molecule has 2 rings (SSSR count). The average Bonchev–Trinajstić information content (AvgIpc) is 3.00. The summed E-state index contributed by atoms with van der Waals surface area (Å²) in [6, 6.07) is 1.65. The highest BCUT2D eigenvalue weighted by Crippen LogP contribution is 2.24. The van der Waals surface area contributed by atoms with Crippen molar-refractivity contribution in [3.63, 3.8) is 0 Å². The van der Waals surface area contributed by atoms with E-state index in [4.69, 9.17) is 19.7 Å². The molecule has 0 radical (unpaired) electrons. The number of carboxylic acid groups (broad SMARTS) is 2. The quantitative estimate of drug-likeness (QED) is 0.0577. The van der Waals surface area contributed by atoms with Gasteiger partial charge in [0.15, 0.2) is 23.3 Å². The lowest BCUT2D eigenvalue weighted by atomic mass is 10.0. The second kappa shape index (κ2) is 17.3. The number of carbonyl (C=O) groups excluding carboxylic acids is 3.